The van der Waals surface area contributed by atoms with E-state index in [9.17, 15) is 0 Å². The lowest BCUT2D eigenvalue weighted by atomic mass is 9.83. The molecule has 1 heterocycles. The third-order valence-electron chi connectivity index (χ3n) is 5.75. The molecule has 3 unspecified atom stereocenters. The highest BCUT2D eigenvalue weighted by Gasteiger charge is 2.38. The summed E-state index contributed by atoms with van der Waals surface area (Å²) >= 11 is 0. The van der Waals surface area contributed by atoms with Gasteiger partial charge < -0.3 is 5.32 Å². The highest BCUT2D eigenvalue weighted by molar-refractivity contribution is 5.32. The van der Waals surface area contributed by atoms with E-state index in [1.54, 1.807) is 11.1 Å². The number of hydrogen-bond acceptors (Lipinski definition) is 2. The molecule has 1 aliphatic carbocycles. The van der Waals surface area contributed by atoms with Gasteiger partial charge >= 0.3 is 0 Å². The second kappa shape index (κ2) is 6.10. The lowest BCUT2D eigenvalue weighted by Gasteiger charge is -2.50. The summed E-state index contributed by atoms with van der Waals surface area (Å²) in [6, 6.07) is 10.4. The summed E-state index contributed by atoms with van der Waals surface area (Å²) in [7, 11) is 0. The van der Waals surface area contributed by atoms with Crippen LogP contribution in [0.4, 0.5) is 0 Å². The molecule has 116 valence electrons. The molecule has 3 atom stereocenters. The third kappa shape index (κ3) is 2.89. The second-order valence-corrected chi connectivity index (χ2v) is 7.14. The highest BCUT2D eigenvalue weighted by Crippen LogP contribution is 2.38. The number of nitrogens with zero attached hydrogens (tertiary/aromatic N) is 1. The summed E-state index contributed by atoms with van der Waals surface area (Å²) in [4.78, 5) is 2.82. The van der Waals surface area contributed by atoms with Crippen LogP contribution in [0.15, 0.2) is 24.3 Å². The Bertz CT molecular complexity index is 484. The van der Waals surface area contributed by atoms with E-state index in [0.717, 1.165) is 6.54 Å². The van der Waals surface area contributed by atoms with Crippen LogP contribution in [-0.2, 0) is 6.42 Å². The van der Waals surface area contributed by atoms with Gasteiger partial charge in [0, 0.05) is 30.7 Å². The molecule has 1 aromatic rings. The minimum absolute atomic E-state index is 0.276. The smallest absolute Gasteiger partial charge is 0.0355 e. The molecule has 1 saturated heterocycles. The predicted molar refractivity (Wildman–Crippen MR) is 89.6 cm³/mol. The Morgan fingerprint density at radius 1 is 1.29 bits per heavy atom. The van der Waals surface area contributed by atoms with Crippen molar-refractivity contribution in [3.63, 3.8) is 0 Å². The van der Waals surface area contributed by atoms with E-state index in [4.69, 9.17) is 0 Å². The molecule has 0 amide bonds. The number of rotatable bonds is 3. The Kier molecular flexibility index (Phi) is 4.37. The van der Waals surface area contributed by atoms with Gasteiger partial charge in [0.2, 0.25) is 0 Å². The van der Waals surface area contributed by atoms with Crippen LogP contribution in [-0.4, -0.2) is 29.6 Å². The fraction of sp³-hybridized carbons (Fsp3) is 0.684. The van der Waals surface area contributed by atoms with Crippen molar-refractivity contribution in [2.75, 3.05) is 13.1 Å². The van der Waals surface area contributed by atoms with Gasteiger partial charge in [-0.15, -0.1) is 0 Å². The van der Waals surface area contributed by atoms with E-state index in [0.29, 0.717) is 12.1 Å². The molecule has 1 aliphatic heterocycles. The first-order valence-corrected chi connectivity index (χ1v) is 8.75. The Morgan fingerprint density at radius 3 is 2.86 bits per heavy atom. The number of fused-ring (bicyclic) bond motifs is 1. The lowest BCUT2D eigenvalue weighted by molar-refractivity contribution is 0.0362. The maximum Gasteiger partial charge on any atom is 0.0355 e. The summed E-state index contributed by atoms with van der Waals surface area (Å²) in [6.45, 7) is 9.36. The van der Waals surface area contributed by atoms with Crippen LogP contribution in [0.5, 0.6) is 0 Å². The van der Waals surface area contributed by atoms with Crippen LogP contribution in [0.2, 0.25) is 0 Å². The first-order chi connectivity index (χ1) is 10.2. The van der Waals surface area contributed by atoms with Gasteiger partial charge in [0.1, 0.15) is 0 Å². The Hall–Kier alpha value is -0.860. The molecule has 21 heavy (non-hydrogen) atoms. The van der Waals surface area contributed by atoms with E-state index in [1.165, 1.54) is 38.6 Å². The fourth-order valence-electron chi connectivity index (χ4n) is 4.12. The third-order valence-corrected chi connectivity index (χ3v) is 5.75. The zero-order valence-corrected chi connectivity index (χ0v) is 13.9. The number of hydrogen-bond donors (Lipinski definition) is 1. The Balaban J connectivity index is 1.90. The van der Waals surface area contributed by atoms with Crippen LogP contribution >= 0.6 is 0 Å². The summed E-state index contributed by atoms with van der Waals surface area (Å²) < 4.78 is 0. The van der Waals surface area contributed by atoms with Gasteiger partial charge in [-0.25, -0.2) is 0 Å². The van der Waals surface area contributed by atoms with Crippen molar-refractivity contribution in [3.05, 3.63) is 35.4 Å². The van der Waals surface area contributed by atoms with Crippen molar-refractivity contribution >= 4 is 0 Å². The molecule has 0 radical (unpaired) electrons. The minimum atomic E-state index is 0.276. The van der Waals surface area contributed by atoms with Crippen molar-refractivity contribution in [2.24, 2.45) is 0 Å². The summed E-state index contributed by atoms with van der Waals surface area (Å²) in [5, 5.41) is 3.80. The molecule has 1 aromatic carbocycles. The molecule has 1 fully saturated rings. The number of nitrogens with one attached hydrogen (secondary N) is 1. The first kappa shape index (κ1) is 15.1. The van der Waals surface area contributed by atoms with Crippen LogP contribution < -0.4 is 5.32 Å². The van der Waals surface area contributed by atoms with Gasteiger partial charge in [-0.1, -0.05) is 38.1 Å². The molecular formula is C19H30N2. The van der Waals surface area contributed by atoms with E-state index >= 15 is 0 Å². The molecular weight excluding hydrogens is 256 g/mol. The molecule has 2 nitrogen and oxygen atoms in total. The Morgan fingerprint density at radius 2 is 2.10 bits per heavy atom. The monoisotopic (exact) mass is 286 g/mol. The van der Waals surface area contributed by atoms with E-state index in [-0.39, 0.29) is 5.54 Å². The SMILES string of the molecule is CCC1CNC(C)(CC)CN1C1CCCc2ccccc21. The fourth-order valence-corrected chi connectivity index (χ4v) is 4.12. The summed E-state index contributed by atoms with van der Waals surface area (Å²) in [6.07, 6.45) is 6.37. The predicted octanol–water partition coefficient (Wildman–Crippen LogP) is 3.92. The molecule has 1 N–H and O–H groups in total. The Labute approximate surface area is 129 Å². The van der Waals surface area contributed by atoms with Crippen LogP contribution in [0.25, 0.3) is 0 Å². The van der Waals surface area contributed by atoms with Crippen molar-refractivity contribution in [1.82, 2.24) is 10.2 Å². The topological polar surface area (TPSA) is 15.3 Å². The molecule has 0 saturated carbocycles. The quantitative estimate of drug-likeness (QED) is 0.906. The number of aryl methyl sites for hydroxylation is 1. The summed E-state index contributed by atoms with van der Waals surface area (Å²) in [5.41, 5.74) is 3.46. The van der Waals surface area contributed by atoms with E-state index in [1.807, 2.05) is 0 Å². The maximum atomic E-state index is 3.80. The van der Waals surface area contributed by atoms with Crippen LogP contribution in [0, 0.1) is 0 Å². The second-order valence-electron chi connectivity index (χ2n) is 7.14. The maximum absolute atomic E-state index is 3.80. The zero-order chi connectivity index (χ0) is 14.9. The molecule has 0 aromatic heterocycles. The van der Waals surface area contributed by atoms with E-state index in [2.05, 4.69) is 55.3 Å². The normalized spacial score (nSPS) is 33.7. The largest absolute Gasteiger partial charge is 0.309 e. The van der Waals surface area contributed by atoms with Gasteiger partial charge in [0.25, 0.3) is 0 Å². The van der Waals surface area contributed by atoms with E-state index < -0.39 is 0 Å². The lowest BCUT2D eigenvalue weighted by Crippen LogP contribution is -2.63. The molecule has 3 rings (SSSR count). The van der Waals surface area contributed by atoms with Crippen LogP contribution in [0.1, 0.15) is 63.6 Å². The number of benzene rings is 1. The molecule has 2 heteroatoms. The zero-order valence-electron chi connectivity index (χ0n) is 13.9. The van der Waals surface area contributed by atoms with Gasteiger partial charge in [-0.05, 0) is 50.2 Å². The molecule has 0 spiro atoms. The molecule has 0 bridgehead atoms. The van der Waals surface area contributed by atoms with Crippen LogP contribution in [0.3, 0.4) is 0 Å². The van der Waals surface area contributed by atoms with Crippen molar-refractivity contribution in [3.8, 4) is 0 Å². The average Bonchev–Trinajstić information content (AvgIpc) is 2.54. The first-order valence-electron chi connectivity index (χ1n) is 8.75. The minimum Gasteiger partial charge on any atom is -0.309 e. The summed E-state index contributed by atoms with van der Waals surface area (Å²) in [5.74, 6) is 0. The van der Waals surface area contributed by atoms with Crippen molar-refractivity contribution in [2.45, 2.75) is 70.5 Å². The van der Waals surface area contributed by atoms with Crippen molar-refractivity contribution in [1.29, 1.82) is 0 Å². The standard InChI is InChI=1S/C19H30N2/c1-4-16-13-20-19(3,5-2)14-21(16)18-12-8-10-15-9-6-7-11-17(15)18/h6-7,9,11,16,18,20H,4-5,8,10,12-14H2,1-3H3. The number of piperazine rings is 1. The van der Waals surface area contributed by atoms with Gasteiger partial charge in [0.05, 0.1) is 0 Å². The van der Waals surface area contributed by atoms with Gasteiger partial charge in [-0.2, -0.15) is 0 Å². The molecule has 2 aliphatic rings. The van der Waals surface area contributed by atoms with Gasteiger partial charge in [0.15, 0.2) is 0 Å². The average molecular weight is 286 g/mol. The highest BCUT2D eigenvalue weighted by atomic mass is 15.3. The van der Waals surface area contributed by atoms with Crippen molar-refractivity contribution < 1.29 is 0 Å². The van der Waals surface area contributed by atoms with Gasteiger partial charge in [-0.3, -0.25) is 4.90 Å².